The average molecular weight is 301 g/mol. The molecule has 0 radical (unpaired) electrons. The fourth-order valence-electron chi connectivity index (χ4n) is 1.65. The van der Waals surface area contributed by atoms with Crippen LogP contribution in [0.4, 0.5) is 5.13 Å². The summed E-state index contributed by atoms with van der Waals surface area (Å²) in [7, 11) is 0. The minimum Gasteiger partial charge on any atom is -0.297 e. The Bertz CT molecular complexity index is 717. The van der Waals surface area contributed by atoms with Crippen molar-refractivity contribution in [1.29, 1.82) is 0 Å². The summed E-state index contributed by atoms with van der Waals surface area (Å²) in [6.07, 6.45) is 0. The van der Waals surface area contributed by atoms with E-state index in [0.717, 1.165) is 10.4 Å². The maximum atomic E-state index is 12.1. The van der Waals surface area contributed by atoms with Gasteiger partial charge in [-0.25, -0.2) is 0 Å². The Morgan fingerprint density at radius 2 is 2.00 bits per heavy atom. The lowest BCUT2D eigenvalue weighted by Gasteiger charge is -2.01. The van der Waals surface area contributed by atoms with Gasteiger partial charge in [0, 0.05) is 17.1 Å². The van der Waals surface area contributed by atoms with E-state index in [1.165, 1.54) is 11.5 Å². The van der Waals surface area contributed by atoms with E-state index in [0.29, 0.717) is 16.5 Å². The highest BCUT2D eigenvalue weighted by Gasteiger charge is 2.11. The molecule has 100 valence electrons. The van der Waals surface area contributed by atoms with E-state index in [1.807, 2.05) is 36.6 Å². The van der Waals surface area contributed by atoms with Crippen LogP contribution in [0.3, 0.4) is 0 Å². The fraction of sp³-hybridized carbons (Fsp3) is 0.0714. The smallest absolute Gasteiger partial charge is 0.257 e. The highest BCUT2D eigenvalue weighted by Crippen LogP contribution is 2.25. The molecule has 6 heteroatoms. The van der Waals surface area contributed by atoms with Crippen molar-refractivity contribution in [3.63, 3.8) is 0 Å². The number of anilines is 1. The first kappa shape index (κ1) is 13.0. The summed E-state index contributed by atoms with van der Waals surface area (Å²) in [4.78, 5) is 17.4. The Labute approximate surface area is 124 Å². The molecule has 2 heterocycles. The standard InChI is InChI=1S/C14H11N3OS2/c1-9-4-6-10(7-5-9)13(18)16-14-15-12(17-20-14)11-3-2-8-19-11/h2-8H,1H3,(H,15,16,17,18). The Kier molecular flexibility index (Phi) is 3.58. The van der Waals surface area contributed by atoms with Crippen LogP contribution in [0, 0.1) is 6.92 Å². The number of hydrogen-bond donors (Lipinski definition) is 1. The third-order valence-corrected chi connectivity index (χ3v) is 4.20. The lowest BCUT2D eigenvalue weighted by atomic mass is 10.1. The summed E-state index contributed by atoms with van der Waals surface area (Å²) in [6.45, 7) is 1.99. The molecule has 0 saturated heterocycles. The predicted molar refractivity (Wildman–Crippen MR) is 82.4 cm³/mol. The molecule has 0 unspecified atom stereocenters. The lowest BCUT2D eigenvalue weighted by Crippen LogP contribution is -2.11. The van der Waals surface area contributed by atoms with Gasteiger partial charge < -0.3 is 0 Å². The molecule has 2 aromatic heterocycles. The maximum Gasteiger partial charge on any atom is 0.257 e. The summed E-state index contributed by atoms with van der Waals surface area (Å²) in [6, 6.07) is 11.3. The fourth-order valence-corrected chi connectivity index (χ4v) is 2.95. The first-order valence-corrected chi connectivity index (χ1v) is 7.63. The molecule has 0 spiro atoms. The zero-order valence-corrected chi connectivity index (χ0v) is 12.3. The summed E-state index contributed by atoms with van der Waals surface area (Å²) < 4.78 is 4.25. The number of nitrogens with zero attached hydrogens (tertiary/aromatic N) is 2. The normalized spacial score (nSPS) is 10.4. The first-order chi connectivity index (χ1) is 9.72. The molecule has 1 N–H and O–H groups in total. The number of carbonyl (C=O) groups is 1. The third-order valence-electron chi connectivity index (χ3n) is 2.70. The number of hydrogen-bond acceptors (Lipinski definition) is 5. The molecule has 0 bridgehead atoms. The second-order valence-electron chi connectivity index (χ2n) is 4.22. The quantitative estimate of drug-likeness (QED) is 0.800. The van der Waals surface area contributed by atoms with Crippen LogP contribution in [0.25, 0.3) is 10.7 Å². The Morgan fingerprint density at radius 1 is 1.20 bits per heavy atom. The first-order valence-electron chi connectivity index (χ1n) is 5.98. The van der Waals surface area contributed by atoms with Gasteiger partial charge in [-0.1, -0.05) is 23.8 Å². The van der Waals surface area contributed by atoms with Gasteiger partial charge >= 0.3 is 0 Å². The van der Waals surface area contributed by atoms with Crippen molar-refractivity contribution < 1.29 is 4.79 Å². The topological polar surface area (TPSA) is 54.9 Å². The number of benzene rings is 1. The van der Waals surface area contributed by atoms with E-state index in [-0.39, 0.29) is 5.91 Å². The number of nitrogens with one attached hydrogen (secondary N) is 1. The molecule has 20 heavy (non-hydrogen) atoms. The summed E-state index contributed by atoms with van der Waals surface area (Å²) >= 11 is 2.76. The van der Waals surface area contributed by atoms with Crippen molar-refractivity contribution in [2.24, 2.45) is 0 Å². The van der Waals surface area contributed by atoms with E-state index < -0.39 is 0 Å². The number of rotatable bonds is 3. The van der Waals surface area contributed by atoms with Gasteiger partial charge in [0.2, 0.25) is 5.13 Å². The second kappa shape index (κ2) is 5.52. The van der Waals surface area contributed by atoms with Gasteiger partial charge in [0.25, 0.3) is 5.91 Å². The molecule has 1 amide bonds. The van der Waals surface area contributed by atoms with Crippen LogP contribution in [0.2, 0.25) is 0 Å². The van der Waals surface area contributed by atoms with Crippen LogP contribution < -0.4 is 5.32 Å². The van der Waals surface area contributed by atoms with E-state index >= 15 is 0 Å². The zero-order valence-electron chi connectivity index (χ0n) is 10.7. The van der Waals surface area contributed by atoms with Crippen molar-refractivity contribution in [3.8, 4) is 10.7 Å². The van der Waals surface area contributed by atoms with Gasteiger partial charge in [0.05, 0.1) is 4.88 Å². The molecule has 3 aromatic rings. The SMILES string of the molecule is Cc1ccc(C(=O)Nc2nc(-c3cccs3)ns2)cc1. The summed E-state index contributed by atoms with van der Waals surface area (Å²) in [5.41, 5.74) is 1.74. The number of thiophene rings is 1. The van der Waals surface area contributed by atoms with Crippen LogP contribution >= 0.6 is 22.9 Å². The van der Waals surface area contributed by atoms with Gasteiger partial charge in [0.15, 0.2) is 5.82 Å². The van der Waals surface area contributed by atoms with Crippen molar-refractivity contribution in [3.05, 3.63) is 52.9 Å². The van der Waals surface area contributed by atoms with Crippen LogP contribution in [0.15, 0.2) is 41.8 Å². The van der Waals surface area contributed by atoms with E-state index in [9.17, 15) is 4.79 Å². The molecule has 3 rings (SSSR count). The Balaban J connectivity index is 1.75. The van der Waals surface area contributed by atoms with Crippen LogP contribution in [-0.2, 0) is 0 Å². The lowest BCUT2D eigenvalue weighted by molar-refractivity contribution is 0.102. The molecule has 0 atom stereocenters. The minimum atomic E-state index is -0.168. The van der Waals surface area contributed by atoms with Crippen molar-refractivity contribution in [1.82, 2.24) is 9.36 Å². The number of carbonyl (C=O) groups excluding carboxylic acids is 1. The highest BCUT2D eigenvalue weighted by molar-refractivity contribution is 7.14. The third kappa shape index (κ3) is 2.76. The van der Waals surface area contributed by atoms with Crippen molar-refractivity contribution >= 4 is 33.9 Å². The molecule has 1 aromatic carbocycles. The number of aryl methyl sites for hydroxylation is 1. The van der Waals surface area contributed by atoms with Gasteiger partial charge in [-0.2, -0.15) is 9.36 Å². The number of amides is 1. The summed E-state index contributed by atoms with van der Waals surface area (Å²) in [5, 5.41) is 5.26. The maximum absolute atomic E-state index is 12.1. The minimum absolute atomic E-state index is 0.168. The van der Waals surface area contributed by atoms with Crippen molar-refractivity contribution in [2.45, 2.75) is 6.92 Å². The Hall–Kier alpha value is -2.05. The molecule has 0 aliphatic heterocycles. The van der Waals surface area contributed by atoms with Gasteiger partial charge in [-0.3, -0.25) is 10.1 Å². The highest BCUT2D eigenvalue weighted by atomic mass is 32.1. The van der Waals surface area contributed by atoms with Gasteiger partial charge in [0.1, 0.15) is 0 Å². The zero-order chi connectivity index (χ0) is 13.9. The molecule has 4 nitrogen and oxygen atoms in total. The van der Waals surface area contributed by atoms with E-state index in [4.69, 9.17) is 0 Å². The monoisotopic (exact) mass is 301 g/mol. The molecule has 0 aliphatic carbocycles. The molecule has 0 saturated carbocycles. The van der Waals surface area contributed by atoms with Crippen LogP contribution in [0.1, 0.15) is 15.9 Å². The summed E-state index contributed by atoms with van der Waals surface area (Å²) in [5.74, 6) is 0.489. The van der Waals surface area contributed by atoms with E-state index in [2.05, 4.69) is 14.7 Å². The molecular formula is C14H11N3OS2. The molecule has 0 aliphatic rings. The van der Waals surface area contributed by atoms with Crippen LogP contribution in [-0.4, -0.2) is 15.3 Å². The van der Waals surface area contributed by atoms with Crippen LogP contribution in [0.5, 0.6) is 0 Å². The van der Waals surface area contributed by atoms with Gasteiger partial charge in [-0.05, 0) is 30.5 Å². The number of aromatic nitrogens is 2. The molecular weight excluding hydrogens is 290 g/mol. The second-order valence-corrected chi connectivity index (χ2v) is 5.92. The van der Waals surface area contributed by atoms with Crippen molar-refractivity contribution in [2.75, 3.05) is 5.32 Å². The average Bonchev–Trinajstić information content (AvgIpc) is 3.09. The molecule has 0 fully saturated rings. The largest absolute Gasteiger partial charge is 0.297 e. The van der Waals surface area contributed by atoms with Gasteiger partial charge in [-0.15, -0.1) is 11.3 Å². The Morgan fingerprint density at radius 3 is 2.70 bits per heavy atom. The predicted octanol–water partition coefficient (Wildman–Crippen LogP) is 3.83. The van der Waals surface area contributed by atoms with E-state index in [1.54, 1.807) is 23.5 Å².